The molecule has 2 amide bonds. The van der Waals surface area contributed by atoms with Crippen LogP contribution in [0.25, 0.3) is 0 Å². The lowest BCUT2D eigenvalue weighted by Gasteiger charge is -2.46. The fraction of sp³-hybridized carbons (Fsp3) is 0.450. The normalized spacial score (nSPS) is 28.3. The number of carboxylic acid groups (broad SMARTS) is 1. The number of hydrogen-bond acceptors (Lipinski definition) is 8. The van der Waals surface area contributed by atoms with E-state index in [9.17, 15) is 24.6 Å². The van der Waals surface area contributed by atoms with E-state index in [-0.39, 0.29) is 34.7 Å². The van der Waals surface area contributed by atoms with Crippen molar-refractivity contribution in [3.63, 3.8) is 0 Å². The summed E-state index contributed by atoms with van der Waals surface area (Å²) in [6.07, 6.45) is 2.21. The van der Waals surface area contributed by atoms with E-state index in [1.165, 1.54) is 22.9 Å². The van der Waals surface area contributed by atoms with Crippen LogP contribution in [0.5, 0.6) is 0 Å². The molecule has 1 unspecified atom stereocenters. The number of carbonyl (C=O) groups is 3. The van der Waals surface area contributed by atoms with Gasteiger partial charge in [0.1, 0.15) is 5.70 Å². The van der Waals surface area contributed by atoms with Crippen LogP contribution in [0.4, 0.5) is 0 Å². The van der Waals surface area contributed by atoms with Crippen molar-refractivity contribution < 1.29 is 24.6 Å². The van der Waals surface area contributed by atoms with E-state index >= 15 is 0 Å². The molecule has 4 rings (SSSR count). The summed E-state index contributed by atoms with van der Waals surface area (Å²) in [4.78, 5) is 46.8. The maximum Gasteiger partial charge on any atom is 0.353 e. The van der Waals surface area contributed by atoms with Crippen LogP contribution in [0.1, 0.15) is 24.2 Å². The summed E-state index contributed by atoms with van der Waals surface area (Å²) in [5, 5.41) is 25.4. The number of aliphatic carboxylic acids is 1. The second kappa shape index (κ2) is 8.31. The quantitative estimate of drug-likeness (QED) is 0.465. The zero-order valence-corrected chi connectivity index (χ0v) is 17.8. The fourth-order valence-electron chi connectivity index (χ4n) is 4.22. The van der Waals surface area contributed by atoms with Crippen molar-refractivity contribution in [3.05, 3.63) is 40.7 Å². The van der Waals surface area contributed by atoms with Crippen molar-refractivity contribution in [1.82, 2.24) is 20.5 Å². The predicted octanol–water partition coefficient (Wildman–Crippen LogP) is 0.0261. The molecule has 0 saturated carbocycles. The van der Waals surface area contributed by atoms with Gasteiger partial charge in [0.05, 0.1) is 30.2 Å². The monoisotopic (exact) mass is 445 g/mol. The number of hydrogen-bond donors (Lipinski definition) is 4. The molecule has 0 bridgehead atoms. The van der Waals surface area contributed by atoms with Gasteiger partial charge in [-0.2, -0.15) is 0 Å². The van der Waals surface area contributed by atoms with E-state index in [4.69, 9.17) is 0 Å². The largest absolute Gasteiger partial charge is 0.477 e. The summed E-state index contributed by atoms with van der Waals surface area (Å²) in [7, 11) is 0. The van der Waals surface area contributed by atoms with Crippen LogP contribution in [0, 0.1) is 11.8 Å². The van der Waals surface area contributed by atoms with E-state index in [0.29, 0.717) is 29.5 Å². The molecule has 0 aliphatic carbocycles. The van der Waals surface area contributed by atoms with Gasteiger partial charge in [0, 0.05) is 35.0 Å². The van der Waals surface area contributed by atoms with Gasteiger partial charge in [-0.15, -0.1) is 11.8 Å². The minimum atomic E-state index is -1.15. The van der Waals surface area contributed by atoms with Crippen molar-refractivity contribution in [2.75, 3.05) is 13.1 Å². The van der Waals surface area contributed by atoms with Gasteiger partial charge in [0.2, 0.25) is 5.91 Å². The minimum Gasteiger partial charge on any atom is -0.477 e. The van der Waals surface area contributed by atoms with Gasteiger partial charge in [0.15, 0.2) is 5.96 Å². The molecule has 1 saturated heterocycles. The van der Waals surface area contributed by atoms with Gasteiger partial charge in [0.25, 0.3) is 5.91 Å². The number of carboxylic acids is 1. The third kappa shape index (κ3) is 3.79. The Morgan fingerprint density at radius 2 is 2.19 bits per heavy atom. The Kier molecular flexibility index (Phi) is 5.71. The zero-order valence-electron chi connectivity index (χ0n) is 17.0. The van der Waals surface area contributed by atoms with Crippen LogP contribution < -0.4 is 10.6 Å². The van der Waals surface area contributed by atoms with E-state index in [1.807, 2.05) is 6.92 Å². The number of nitrogens with one attached hydrogen (secondary N) is 2. The van der Waals surface area contributed by atoms with Gasteiger partial charge in [-0.25, -0.2) is 4.79 Å². The Labute approximate surface area is 182 Å². The SMILES string of the molecule is C[C@@H](O)[C@H]1C(=O)N2C(C(=O)O)=C(SC3CN=C(NC(=O)c4cccnc4)NC3)[C@H](C)[C@H]12. The number of aliphatic imine (C=N–C) groups is 1. The van der Waals surface area contributed by atoms with Crippen molar-refractivity contribution in [2.24, 2.45) is 16.8 Å². The number of aliphatic hydroxyl groups is 1. The van der Waals surface area contributed by atoms with Crippen LogP contribution in [0.3, 0.4) is 0 Å². The average molecular weight is 446 g/mol. The number of guanidine groups is 1. The van der Waals surface area contributed by atoms with Crippen LogP contribution in [0.2, 0.25) is 0 Å². The molecule has 0 spiro atoms. The highest BCUT2D eigenvalue weighted by molar-refractivity contribution is 8.03. The summed E-state index contributed by atoms with van der Waals surface area (Å²) in [5.74, 6) is -2.24. The number of aliphatic hydroxyl groups excluding tert-OH is 1. The molecule has 11 heteroatoms. The summed E-state index contributed by atoms with van der Waals surface area (Å²) < 4.78 is 0. The second-order valence-corrected chi connectivity index (χ2v) is 9.12. The number of carbonyl (C=O) groups excluding carboxylic acids is 2. The second-order valence-electron chi connectivity index (χ2n) is 7.78. The molecule has 164 valence electrons. The molecule has 4 N–H and O–H groups in total. The Hall–Kier alpha value is -2.92. The van der Waals surface area contributed by atoms with Gasteiger partial charge in [-0.3, -0.25) is 24.9 Å². The molecule has 10 nitrogen and oxygen atoms in total. The van der Waals surface area contributed by atoms with Gasteiger partial charge in [-0.1, -0.05) is 6.92 Å². The first kappa shape index (κ1) is 21.3. The van der Waals surface area contributed by atoms with Gasteiger partial charge >= 0.3 is 5.97 Å². The number of rotatable bonds is 5. The third-order valence-electron chi connectivity index (χ3n) is 5.71. The fourth-order valence-corrected chi connectivity index (χ4v) is 5.55. The molecular weight excluding hydrogens is 422 g/mol. The molecule has 1 aromatic heterocycles. The van der Waals surface area contributed by atoms with E-state index in [2.05, 4.69) is 20.6 Å². The Bertz CT molecular complexity index is 979. The predicted molar refractivity (Wildman–Crippen MR) is 113 cm³/mol. The number of fused-ring (bicyclic) bond motifs is 1. The van der Waals surface area contributed by atoms with Crippen LogP contribution in [-0.2, 0) is 9.59 Å². The molecule has 1 aromatic rings. The van der Waals surface area contributed by atoms with Gasteiger partial charge in [-0.05, 0) is 19.1 Å². The first-order valence-corrected chi connectivity index (χ1v) is 10.8. The first-order chi connectivity index (χ1) is 14.8. The van der Waals surface area contributed by atoms with E-state index < -0.39 is 18.0 Å². The van der Waals surface area contributed by atoms with Crippen molar-refractivity contribution >= 4 is 35.5 Å². The average Bonchev–Trinajstić information content (AvgIpc) is 2.98. The van der Waals surface area contributed by atoms with Crippen LogP contribution in [-0.4, -0.2) is 74.3 Å². The van der Waals surface area contributed by atoms with Crippen LogP contribution in [0.15, 0.2) is 40.1 Å². The number of aromatic nitrogens is 1. The highest BCUT2D eigenvalue weighted by Crippen LogP contribution is 2.51. The highest BCUT2D eigenvalue weighted by Gasteiger charge is 2.60. The molecule has 4 heterocycles. The summed E-state index contributed by atoms with van der Waals surface area (Å²) in [5.41, 5.74) is 0.422. The summed E-state index contributed by atoms with van der Waals surface area (Å²) in [6, 6.07) is 2.98. The number of nitrogens with zero attached hydrogens (tertiary/aromatic N) is 3. The molecule has 31 heavy (non-hydrogen) atoms. The molecular formula is C20H23N5O5S. The minimum absolute atomic E-state index is 0.00376. The molecule has 0 radical (unpaired) electrons. The number of pyridine rings is 1. The Balaban J connectivity index is 1.43. The summed E-state index contributed by atoms with van der Waals surface area (Å²) >= 11 is 1.38. The number of thioether (sulfide) groups is 1. The van der Waals surface area contributed by atoms with Crippen molar-refractivity contribution in [1.29, 1.82) is 0 Å². The number of amides is 2. The maximum absolute atomic E-state index is 12.4. The Morgan fingerprint density at radius 1 is 1.42 bits per heavy atom. The zero-order chi connectivity index (χ0) is 22.3. The standard InChI is InChI=1S/C20H23N5O5S/c1-9-14-13(10(2)26)18(28)25(14)15(19(29)30)16(9)31-12-7-22-20(23-8-12)24-17(27)11-4-3-5-21-6-11/h3-6,9-10,12-14,26H,7-8H2,1-2H3,(H,29,30)(H2,22,23,24,27)/t9-,10-,13-,14-/m1/s1. The van der Waals surface area contributed by atoms with E-state index in [1.54, 1.807) is 25.3 Å². The third-order valence-corrected chi connectivity index (χ3v) is 7.18. The molecule has 3 aliphatic rings. The van der Waals surface area contributed by atoms with Crippen LogP contribution >= 0.6 is 11.8 Å². The van der Waals surface area contributed by atoms with Crippen molar-refractivity contribution in [2.45, 2.75) is 31.2 Å². The van der Waals surface area contributed by atoms with E-state index in [0.717, 1.165) is 0 Å². The lowest BCUT2D eigenvalue weighted by atomic mass is 9.79. The first-order valence-electron chi connectivity index (χ1n) is 9.94. The smallest absolute Gasteiger partial charge is 0.353 e. The Morgan fingerprint density at radius 3 is 2.77 bits per heavy atom. The van der Waals surface area contributed by atoms with Gasteiger partial charge < -0.3 is 20.4 Å². The summed E-state index contributed by atoms with van der Waals surface area (Å²) in [6.45, 7) is 4.29. The molecule has 0 aromatic carbocycles. The lowest BCUT2D eigenvalue weighted by Crippen LogP contribution is -2.63. The lowest BCUT2D eigenvalue weighted by molar-refractivity contribution is -0.163. The highest BCUT2D eigenvalue weighted by atomic mass is 32.2. The molecule has 3 aliphatic heterocycles. The molecule has 1 fully saturated rings. The van der Waals surface area contributed by atoms with Crippen molar-refractivity contribution in [3.8, 4) is 0 Å². The topological polar surface area (TPSA) is 144 Å². The molecule has 5 atom stereocenters. The number of β-lactam (4-membered cyclic amide) rings is 1. The maximum atomic E-state index is 12.4.